The molecule has 0 aliphatic carbocycles. The molecule has 6 nitrogen and oxygen atoms in total. The topological polar surface area (TPSA) is 82.0 Å². The minimum atomic E-state index is -0.0906. The first kappa shape index (κ1) is 18.3. The number of unbranched alkanes of at least 4 members (excludes halogenated alkanes) is 1. The molecule has 1 aromatic carbocycles. The monoisotopic (exact) mass is 326 g/mol. The Morgan fingerprint density at radius 1 is 1.23 bits per heavy atom. The predicted molar refractivity (Wildman–Crippen MR) is 90.3 cm³/mol. The van der Waals surface area contributed by atoms with Crippen LogP contribution in [0.5, 0.6) is 0 Å². The van der Waals surface area contributed by atoms with Gasteiger partial charge in [-0.25, -0.2) is 4.79 Å². The highest BCUT2D eigenvalue weighted by molar-refractivity contribution is 5.85. The lowest BCUT2D eigenvalue weighted by molar-refractivity contribution is -0.121. The molecule has 0 saturated heterocycles. The number of hydrogen-bond acceptors (Lipinski definition) is 3. The van der Waals surface area contributed by atoms with Crippen LogP contribution in [-0.2, 0) is 18.4 Å². The lowest BCUT2D eigenvalue weighted by atomic mass is 10.3. The van der Waals surface area contributed by atoms with Crippen molar-refractivity contribution >= 4 is 29.3 Å². The lowest BCUT2D eigenvalue weighted by Crippen LogP contribution is -2.28. The quantitative estimate of drug-likeness (QED) is 0.745. The maximum absolute atomic E-state index is 12.2. The standard InChI is InChI=1S/C15H22N4O2.ClH/c1-18-12-6-2-3-7-13(12)19(15(18)21)11-8-14(20)17-10-5-4-9-16;/h2-3,6-7H,4-5,8-11,16H2,1H3,(H,17,20);1H. The molecule has 0 aliphatic rings. The van der Waals surface area contributed by atoms with Gasteiger partial charge in [-0.1, -0.05) is 12.1 Å². The third kappa shape index (κ3) is 4.11. The number of hydrogen-bond donors (Lipinski definition) is 2. The van der Waals surface area contributed by atoms with Gasteiger partial charge in [-0.2, -0.15) is 0 Å². The number of halogens is 1. The number of fused-ring (bicyclic) bond motifs is 1. The molecule has 0 fully saturated rings. The Labute approximate surface area is 135 Å². The van der Waals surface area contributed by atoms with Crippen molar-refractivity contribution in [3.05, 3.63) is 34.7 Å². The highest BCUT2D eigenvalue weighted by Crippen LogP contribution is 2.11. The number of rotatable bonds is 7. The van der Waals surface area contributed by atoms with Crippen LogP contribution < -0.4 is 16.7 Å². The summed E-state index contributed by atoms with van der Waals surface area (Å²) in [5.41, 5.74) is 7.05. The summed E-state index contributed by atoms with van der Waals surface area (Å²) < 4.78 is 3.25. The van der Waals surface area contributed by atoms with E-state index in [1.54, 1.807) is 16.2 Å². The summed E-state index contributed by atoms with van der Waals surface area (Å²) >= 11 is 0. The average Bonchev–Trinajstić information content (AvgIpc) is 2.74. The van der Waals surface area contributed by atoms with Crippen molar-refractivity contribution in [1.82, 2.24) is 14.5 Å². The molecule has 0 atom stereocenters. The summed E-state index contributed by atoms with van der Waals surface area (Å²) in [6.07, 6.45) is 2.09. The number of benzene rings is 1. The minimum Gasteiger partial charge on any atom is -0.356 e. The second kappa shape index (κ2) is 8.60. The molecule has 122 valence electrons. The van der Waals surface area contributed by atoms with Crippen molar-refractivity contribution < 1.29 is 4.79 Å². The van der Waals surface area contributed by atoms with E-state index in [0.717, 1.165) is 23.9 Å². The van der Waals surface area contributed by atoms with Gasteiger partial charge in [0, 0.05) is 26.6 Å². The van der Waals surface area contributed by atoms with Gasteiger partial charge in [0.15, 0.2) is 0 Å². The zero-order chi connectivity index (χ0) is 15.2. The summed E-state index contributed by atoms with van der Waals surface area (Å²) in [5, 5.41) is 2.85. The Bertz CT molecular complexity index is 678. The molecule has 1 amide bonds. The number of carbonyl (C=O) groups is 1. The number of carbonyl (C=O) groups excluding carboxylic acids is 1. The van der Waals surface area contributed by atoms with Gasteiger partial charge in [-0.3, -0.25) is 13.9 Å². The number of para-hydroxylation sites is 2. The smallest absolute Gasteiger partial charge is 0.328 e. The van der Waals surface area contributed by atoms with E-state index >= 15 is 0 Å². The van der Waals surface area contributed by atoms with E-state index in [9.17, 15) is 9.59 Å². The van der Waals surface area contributed by atoms with Crippen LogP contribution in [0.25, 0.3) is 11.0 Å². The fourth-order valence-corrected chi connectivity index (χ4v) is 2.38. The van der Waals surface area contributed by atoms with Gasteiger partial charge in [0.2, 0.25) is 5.91 Å². The van der Waals surface area contributed by atoms with Crippen LogP contribution in [0.1, 0.15) is 19.3 Å². The Kier molecular flexibility index (Phi) is 7.14. The largest absolute Gasteiger partial charge is 0.356 e. The Morgan fingerprint density at radius 3 is 2.59 bits per heavy atom. The Morgan fingerprint density at radius 2 is 1.91 bits per heavy atom. The molecule has 7 heteroatoms. The van der Waals surface area contributed by atoms with Gasteiger partial charge in [-0.15, -0.1) is 12.4 Å². The van der Waals surface area contributed by atoms with Crippen LogP contribution in [0, 0.1) is 0 Å². The SMILES string of the molecule is Cl.Cn1c(=O)n(CCC(=O)NCCCCN)c2ccccc21. The molecule has 2 aromatic rings. The van der Waals surface area contributed by atoms with Crippen LogP contribution in [0.3, 0.4) is 0 Å². The van der Waals surface area contributed by atoms with Crippen LogP contribution >= 0.6 is 12.4 Å². The minimum absolute atomic E-state index is 0. The second-order valence-corrected chi connectivity index (χ2v) is 5.08. The molecule has 2 rings (SSSR count). The van der Waals surface area contributed by atoms with Crippen molar-refractivity contribution in [3.63, 3.8) is 0 Å². The highest BCUT2D eigenvalue weighted by atomic mass is 35.5. The molecule has 1 heterocycles. The zero-order valence-corrected chi connectivity index (χ0v) is 13.6. The van der Waals surface area contributed by atoms with Crippen LogP contribution in [-0.4, -0.2) is 28.1 Å². The lowest BCUT2D eigenvalue weighted by Gasteiger charge is -2.05. The fraction of sp³-hybridized carbons (Fsp3) is 0.467. The van der Waals surface area contributed by atoms with Gasteiger partial charge in [0.1, 0.15) is 0 Å². The molecular formula is C15H23ClN4O2. The average molecular weight is 327 g/mol. The maximum atomic E-state index is 12.2. The number of imidazole rings is 1. The van der Waals surface area contributed by atoms with E-state index in [2.05, 4.69) is 5.32 Å². The van der Waals surface area contributed by atoms with E-state index in [4.69, 9.17) is 5.73 Å². The molecule has 22 heavy (non-hydrogen) atoms. The Hall–Kier alpha value is -1.79. The van der Waals surface area contributed by atoms with E-state index in [1.165, 1.54) is 0 Å². The van der Waals surface area contributed by atoms with E-state index in [1.807, 2.05) is 24.3 Å². The number of nitrogens with zero attached hydrogens (tertiary/aromatic N) is 2. The van der Waals surface area contributed by atoms with E-state index < -0.39 is 0 Å². The molecule has 0 unspecified atom stereocenters. The number of aryl methyl sites for hydroxylation is 2. The second-order valence-electron chi connectivity index (χ2n) is 5.08. The summed E-state index contributed by atoms with van der Waals surface area (Å²) in [5.74, 6) is -0.0353. The summed E-state index contributed by atoms with van der Waals surface area (Å²) in [7, 11) is 1.74. The van der Waals surface area contributed by atoms with Crippen molar-refractivity contribution in [2.24, 2.45) is 12.8 Å². The predicted octanol–water partition coefficient (Wildman–Crippen LogP) is 1.01. The maximum Gasteiger partial charge on any atom is 0.328 e. The van der Waals surface area contributed by atoms with E-state index in [0.29, 0.717) is 26.1 Å². The molecule has 3 N–H and O–H groups in total. The molecule has 0 radical (unpaired) electrons. The van der Waals surface area contributed by atoms with Crippen LogP contribution in [0.4, 0.5) is 0 Å². The number of nitrogens with one attached hydrogen (secondary N) is 1. The van der Waals surface area contributed by atoms with Gasteiger partial charge in [0.05, 0.1) is 11.0 Å². The van der Waals surface area contributed by atoms with Crippen molar-refractivity contribution in [3.8, 4) is 0 Å². The summed E-state index contributed by atoms with van der Waals surface area (Å²) in [6.45, 7) is 1.67. The van der Waals surface area contributed by atoms with Crippen molar-refractivity contribution in [2.45, 2.75) is 25.8 Å². The number of nitrogens with two attached hydrogens (primary N) is 1. The van der Waals surface area contributed by atoms with Gasteiger partial charge in [0.25, 0.3) is 0 Å². The van der Waals surface area contributed by atoms with Crippen LogP contribution in [0.15, 0.2) is 29.1 Å². The molecular weight excluding hydrogens is 304 g/mol. The highest BCUT2D eigenvalue weighted by Gasteiger charge is 2.11. The van der Waals surface area contributed by atoms with Crippen molar-refractivity contribution in [2.75, 3.05) is 13.1 Å². The van der Waals surface area contributed by atoms with Gasteiger partial charge < -0.3 is 11.1 Å². The number of aromatic nitrogens is 2. The van der Waals surface area contributed by atoms with Gasteiger partial charge in [-0.05, 0) is 31.5 Å². The Balaban J connectivity index is 0.00000242. The van der Waals surface area contributed by atoms with Crippen molar-refractivity contribution in [1.29, 1.82) is 0 Å². The first-order valence-electron chi connectivity index (χ1n) is 7.26. The molecule has 0 bridgehead atoms. The van der Waals surface area contributed by atoms with Gasteiger partial charge >= 0.3 is 5.69 Å². The first-order valence-corrected chi connectivity index (χ1v) is 7.26. The fourth-order valence-electron chi connectivity index (χ4n) is 2.38. The third-order valence-corrected chi connectivity index (χ3v) is 3.57. The normalized spacial score (nSPS) is 10.5. The zero-order valence-electron chi connectivity index (χ0n) is 12.7. The molecule has 0 spiro atoms. The van der Waals surface area contributed by atoms with E-state index in [-0.39, 0.29) is 24.0 Å². The molecule has 1 aromatic heterocycles. The first-order chi connectivity index (χ1) is 10.1. The third-order valence-electron chi connectivity index (χ3n) is 3.57. The summed E-state index contributed by atoms with van der Waals surface area (Å²) in [6, 6.07) is 7.59. The van der Waals surface area contributed by atoms with Crippen LogP contribution in [0.2, 0.25) is 0 Å². The number of amides is 1. The molecule has 0 aliphatic heterocycles. The molecule has 0 saturated carbocycles. The summed E-state index contributed by atoms with van der Waals surface area (Å²) in [4.78, 5) is 23.9.